The lowest BCUT2D eigenvalue weighted by atomic mass is 9.94. The van der Waals surface area contributed by atoms with Crippen molar-refractivity contribution in [3.8, 4) is 11.5 Å². The number of nitrogens with zero attached hydrogens (tertiary/aromatic N) is 3. The monoisotopic (exact) mass is 451 g/mol. The number of methoxy groups -OCH3 is 1. The topological polar surface area (TPSA) is 119 Å². The first-order valence-corrected chi connectivity index (χ1v) is 10.4. The second-order valence-corrected chi connectivity index (χ2v) is 7.94. The maximum Gasteiger partial charge on any atom is 0.277 e. The molecule has 1 aliphatic rings. The van der Waals surface area contributed by atoms with Crippen molar-refractivity contribution in [3.63, 3.8) is 0 Å². The summed E-state index contributed by atoms with van der Waals surface area (Å²) >= 11 is 0. The van der Waals surface area contributed by atoms with Gasteiger partial charge in [-0.2, -0.15) is 5.10 Å². The molecule has 0 radical (unpaired) electrons. The maximum atomic E-state index is 13.7. The summed E-state index contributed by atoms with van der Waals surface area (Å²) in [5, 5.41) is 10.1. The number of fused-ring (bicyclic) bond motifs is 1. The first-order valence-electron chi connectivity index (χ1n) is 10.4. The number of ether oxygens (including phenoxy) is 1. The summed E-state index contributed by atoms with van der Waals surface area (Å²) in [6.07, 6.45) is 1.53. The summed E-state index contributed by atoms with van der Waals surface area (Å²) < 4.78 is 12.0. The first kappa shape index (κ1) is 22.3. The van der Waals surface area contributed by atoms with Crippen molar-refractivity contribution >= 4 is 29.1 Å². The fourth-order valence-corrected chi connectivity index (χ4v) is 3.88. The van der Waals surface area contributed by atoms with Crippen molar-refractivity contribution in [3.05, 3.63) is 54.4 Å². The van der Waals surface area contributed by atoms with E-state index in [4.69, 9.17) is 9.15 Å². The van der Waals surface area contributed by atoms with Gasteiger partial charge in [0.1, 0.15) is 16.9 Å². The first-order chi connectivity index (χ1) is 15.8. The number of hydrogen-bond acceptors (Lipinski definition) is 6. The van der Waals surface area contributed by atoms with Gasteiger partial charge in [0.2, 0.25) is 11.8 Å². The molecule has 0 aliphatic carbocycles. The van der Waals surface area contributed by atoms with Gasteiger partial charge in [0.25, 0.3) is 5.91 Å². The average molecular weight is 451 g/mol. The van der Waals surface area contributed by atoms with Crippen LogP contribution < -0.4 is 15.5 Å². The molecule has 3 amide bonds. The second-order valence-electron chi connectivity index (χ2n) is 7.94. The number of rotatable bonds is 7. The summed E-state index contributed by atoms with van der Waals surface area (Å²) in [7, 11) is 1.55. The van der Waals surface area contributed by atoms with E-state index in [9.17, 15) is 14.4 Å². The molecule has 3 heterocycles. The summed E-state index contributed by atoms with van der Waals surface area (Å²) in [5.41, 5.74) is 0.695. The van der Waals surface area contributed by atoms with E-state index in [1.807, 2.05) is 0 Å². The van der Waals surface area contributed by atoms with Gasteiger partial charge in [-0.15, -0.1) is 0 Å². The number of aromatic nitrogens is 2. The second kappa shape index (κ2) is 8.91. The van der Waals surface area contributed by atoms with E-state index in [0.29, 0.717) is 41.7 Å². The zero-order chi connectivity index (χ0) is 23.6. The SMILES string of the molecule is COCCNC(=O)[C@]1(C)Cn2nc(-c3ccco3)cc2C(=O)N1c1ccc(NC(C)=O)cc1. The number of benzene rings is 1. The van der Waals surface area contributed by atoms with Crippen molar-refractivity contribution < 1.29 is 23.5 Å². The highest BCUT2D eigenvalue weighted by Crippen LogP contribution is 2.34. The Morgan fingerprint density at radius 2 is 2.00 bits per heavy atom. The predicted octanol–water partition coefficient (Wildman–Crippen LogP) is 2.28. The molecule has 2 N–H and O–H groups in total. The molecule has 0 saturated heterocycles. The summed E-state index contributed by atoms with van der Waals surface area (Å²) in [6, 6.07) is 11.9. The highest BCUT2D eigenvalue weighted by Gasteiger charge is 2.48. The molecule has 0 bridgehead atoms. The molecule has 1 aromatic carbocycles. The van der Waals surface area contributed by atoms with Gasteiger partial charge in [-0.05, 0) is 43.3 Å². The minimum atomic E-state index is -1.26. The van der Waals surface area contributed by atoms with E-state index >= 15 is 0 Å². The molecule has 2 aromatic heterocycles. The van der Waals surface area contributed by atoms with Crippen molar-refractivity contribution in [2.75, 3.05) is 30.5 Å². The third-order valence-electron chi connectivity index (χ3n) is 5.45. The van der Waals surface area contributed by atoms with Gasteiger partial charge in [-0.3, -0.25) is 24.0 Å². The van der Waals surface area contributed by atoms with E-state index in [1.165, 1.54) is 22.8 Å². The number of amides is 3. The van der Waals surface area contributed by atoms with E-state index in [2.05, 4.69) is 15.7 Å². The van der Waals surface area contributed by atoms with Gasteiger partial charge >= 0.3 is 0 Å². The molecule has 3 aromatic rings. The molecule has 172 valence electrons. The van der Waals surface area contributed by atoms with Crippen LogP contribution in [0.15, 0.2) is 53.1 Å². The number of anilines is 2. The normalized spacial score (nSPS) is 17.5. The standard InChI is InChI=1S/C23H25N5O5/c1-15(29)25-16-6-8-17(9-7-16)28-21(30)19-13-18(20-5-4-11-33-20)26-27(19)14-23(28,2)22(31)24-10-12-32-3/h4-9,11,13H,10,12,14H2,1-3H3,(H,24,31)(H,25,29)/t23-/m0/s1. The Balaban J connectivity index is 1.74. The van der Waals surface area contributed by atoms with Gasteiger partial charge in [-0.1, -0.05) is 0 Å². The fraction of sp³-hybridized carbons (Fsp3) is 0.304. The van der Waals surface area contributed by atoms with E-state index in [0.717, 1.165) is 0 Å². The molecular formula is C23H25N5O5. The number of furan rings is 1. The van der Waals surface area contributed by atoms with Crippen LogP contribution >= 0.6 is 0 Å². The molecule has 0 fully saturated rings. The molecule has 0 saturated carbocycles. The number of carbonyl (C=O) groups excluding carboxylic acids is 3. The summed E-state index contributed by atoms with van der Waals surface area (Å²) in [5.74, 6) is -0.376. The highest BCUT2D eigenvalue weighted by molar-refractivity contribution is 6.12. The summed E-state index contributed by atoms with van der Waals surface area (Å²) in [6.45, 7) is 3.91. The Hall–Kier alpha value is -3.92. The quantitative estimate of drug-likeness (QED) is 0.532. The van der Waals surface area contributed by atoms with Crippen LogP contribution in [0.1, 0.15) is 24.3 Å². The lowest BCUT2D eigenvalue weighted by Gasteiger charge is -2.43. The molecule has 10 nitrogen and oxygen atoms in total. The smallest absolute Gasteiger partial charge is 0.277 e. The van der Waals surface area contributed by atoms with Crippen LogP contribution in [0.5, 0.6) is 0 Å². The largest absolute Gasteiger partial charge is 0.463 e. The number of hydrogen-bond donors (Lipinski definition) is 2. The zero-order valence-electron chi connectivity index (χ0n) is 18.6. The highest BCUT2D eigenvalue weighted by atomic mass is 16.5. The van der Waals surface area contributed by atoms with Gasteiger partial charge in [-0.25, -0.2) is 0 Å². The van der Waals surface area contributed by atoms with Crippen molar-refractivity contribution in [1.82, 2.24) is 15.1 Å². The minimum absolute atomic E-state index is 0.140. The molecule has 4 rings (SSSR count). The van der Waals surface area contributed by atoms with Crippen LogP contribution in [-0.4, -0.2) is 53.3 Å². The van der Waals surface area contributed by atoms with Crippen LogP contribution in [0, 0.1) is 0 Å². The van der Waals surface area contributed by atoms with Gasteiger partial charge < -0.3 is 19.8 Å². The Morgan fingerprint density at radius 1 is 1.24 bits per heavy atom. The molecule has 0 spiro atoms. The lowest BCUT2D eigenvalue weighted by Crippen LogP contribution is -2.64. The van der Waals surface area contributed by atoms with Gasteiger partial charge in [0, 0.05) is 38.0 Å². The number of nitrogens with one attached hydrogen (secondary N) is 2. The van der Waals surface area contributed by atoms with E-state index in [1.54, 1.807) is 56.5 Å². The van der Waals surface area contributed by atoms with Crippen molar-refractivity contribution in [2.45, 2.75) is 25.9 Å². The zero-order valence-corrected chi connectivity index (χ0v) is 18.6. The maximum absolute atomic E-state index is 13.7. The predicted molar refractivity (Wildman–Crippen MR) is 121 cm³/mol. The molecule has 1 aliphatic heterocycles. The van der Waals surface area contributed by atoms with Crippen LogP contribution in [0.2, 0.25) is 0 Å². The Kier molecular flexibility index (Phi) is 6.01. The fourth-order valence-electron chi connectivity index (χ4n) is 3.88. The van der Waals surface area contributed by atoms with Crippen LogP contribution in [0.3, 0.4) is 0 Å². The molecule has 33 heavy (non-hydrogen) atoms. The molecule has 10 heteroatoms. The van der Waals surface area contributed by atoms with Crippen LogP contribution in [-0.2, 0) is 20.9 Å². The Labute approximate surface area is 190 Å². The van der Waals surface area contributed by atoms with Crippen molar-refractivity contribution in [1.29, 1.82) is 0 Å². The minimum Gasteiger partial charge on any atom is -0.463 e. The van der Waals surface area contributed by atoms with E-state index in [-0.39, 0.29) is 24.3 Å². The Morgan fingerprint density at radius 3 is 2.64 bits per heavy atom. The van der Waals surface area contributed by atoms with Crippen LogP contribution in [0.25, 0.3) is 11.5 Å². The average Bonchev–Trinajstić information content (AvgIpc) is 3.44. The van der Waals surface area contributed by atoms with Gasteiger partial charge in [0.15, 0.2) is 5.76 Å². The lowest BCUT2D eigenvalue weighted by molar-refractivity contribution is -0.126. The van der Waals surface area contributed by atoms with Gasteiger partial charge in [0.05, 0.1) is 19.4 Å². The molecule has 0 unspecified atom stereocenters. The Bertz CT molecular complexity index is 1170. The number of carbonyl (C=O) groups is 3. The summed E-state index contributed by atoms with van der Waals surface area (Å²) in [4.78, 5) is 39.8. The third-order valence-corrected chi connectivity index (χ3v) is 5.45. The molecular weight excluding hydrogens is 426 g/mol. The van der Waals surface area contributed by atoms with Crippen molar-refractivity contribution in [2.24, 2.45) is 0 Å². The van der Waals surface area contributed by atoms with Crippen LogP contribution in [0.4, 0.5) is 11.4 Å². The van der Waals surface area contributed by atoms with E-state index < -0.39 is 5.54 Å². The molecule has 1 atom stereocenters. The third kappa shape index (κ3) is 4.24.